The number of nitrogens with one attached hydrogen (secondary N) is 2. The molecule has 0 aliphatic heterocycles. The molecule has 4 aromatic carbocycles. The number of thioether (sulfide) groups is 1. The van der Waals surface area contributed by atoms with Gasteiger partial charge in [0.2, 0.25) is 5.91 Å². The number of benzene rings is 4. The number of aromatic nitrogens is 6. The van der Waals surface area contributed by atoms with Gasteiger partial charge in [-0.25, -0.2) is 8.42 Å². The van der Waals surface area contributed by atoms with Gasteiger partial charge in [-0.05, 0) is 67.6 Å². The summed E-state index contributed by atoms with van der Waals surface area (Å²) >= 11 is 1.21. The number of amides is 1. The Hall–Kier alpha value is -5.01. The predicted octanol–water partition coefficient (Wildman–Crippen LogP) is 4.84. The molecular weight excluding hydrogens is 573 g/mol. The lowest BCUT2D eigenvalue weighted by Gasteiger charge is -2.11. The summed E-state index contributed by atoms with van der Waals surface area (Å²) in [5.41, 5.74) is 4.26. The number of carbonyl (C=O) groups excluding carboxylic acids is 1. The van der Waals surface area contributed by atoms with E-state index in [0.717, 1.165) is 22.3 Å². The molecule has 0 saturated heterocycles. The Labute approximate surface area is 245 Å². The fraction of sp³-hybridized carbons (Fsp3) is 0.0690. The minimum Gasteiger partial charge on any atom is -0.325 e. The highest BCUT2D eigenvalue weighted by atomic mass is 32.2. The Balaban J connectivity index is 1.16. The van der Waals surface area contributed by atoms with Crippen molar-refractivity contribution in [3.63, 3.8) is 0 Å². The first-order valence-corrected chi connectivity index (χ1v) is 15.3. The molecule has 13 heteroatoms. The first kappa shape index (κ1) is 27.2. The number of sulfonamides is 1. The molecular formula is C29H24N8O3S2. The van der Waals surface area contributed by atoms with Gasteiger partial charge in [-0.15, -0.1) is 15.3 Å². The van der Waals surface area contributed by atoms with E-state index in [1.165, 1.54) is 23.9 Å². The quantitative estimate of drug-likeness (QED) is 0.226. The van der Waals surface area contributed by atoms with Crippen LogP contribution in [0.2, 0.25) is 0 Å². The Morgan fingerprint density at radius 1 is 0.810 bits per heavy atom. The molecule has 6 rings (SSSR count). The van der Waals surface area contributed by atoms with Crippen molar-refractivity contribution in [2.75, 3.05) is 15.8 Å². The Morgan fingerprint density at radius 3 is 2.26 bits per heavy atom. The van der Waals surface area contributed by atoms with E-state index in [-0.39, 0.29) is 16.6 Å². The van der Waals surface area contributed by atoms with Crippen LogP contribution in [-0.2, 0) is 14.8 Å². The zero-order valence-corrected chi connectivity index (χ0v) is 23.9. The minimum atomic E-state index is -3.78. The fourth-order valence-corrected chi connectivity index (χ4v) is 6.00. The van der Waals surface area contributed by atoms with Crippen LogP contribution in [0.5, 0.6) is 0 Å². The second kappa shape index (κ2) is 11.5. The van der Waals surface area contributed by atoms with Crippen molar-refractivity contribution in [3.8, 4) is 11.6 Å². The second-order valence-electron chi connectivity index (χ2n) is 9.28. The summed E-state index contributed by atoms with van der Waals surface area (Å²) in [4.78, 5) is 12.9. The van der Waals surface area contributed by atoms with E-state index in [2.05, 4.69) is 30.5 Å². The van der Waals surface area contributed by atoms with Crippen LogP contribution >= 0.6 is 11.8 Å². The molecule has 2 aromatic heterocycles. The summed E-state index contributed by atoms with van der Waals surface area (Å²) in [7, 11) is -3.78. The van der Waals surface area contributed by atoms with Crippen LogP contribution < -0.4 is 10.0 Å². The number of fused-ring (bicyclic) bond motifs is 1. The van der Waals surface area contributed by atoms with E-state index in [1.54, 1.807) is 28.9 Å². The van der Waals surface area contributed by atoms with Crippen LogP contribution in [0.25, 0.3) is 22.7 Å². The highest BCUT2D eigenvalue weighted by Gasteiger charge is 2.20. The SMILES string of the molecule is Cc1ccc(NS(=O)(=O)c2ccc(NC(=O)CSc3nnc(-n4nnc5ccccc54)n3-c3ccccc3)cc2)cc1. The fourth-order valence-electron chi connectivity index (χ4n) is 4.19. The van der Waals surface area contributed by atoms with Crippen molar-refractivity contribution < 1.29 is 13.2 Å². The van der Waals surface area contributed by atoms with Crippen molar-refractivity contribution in [3.05, 3.63) is 109 Å². The van der Waals surface area contributed by atoms with Crippen LogP contribution in [0.15, 0.2) is 113 Å². The highest BCUT2D eigenvalue weighted by Crippen LogP contribution is 2.26. The van der Waals surface area contributed by atoms with E-state index in [9.17, 15) is 13.2 Å². The van der Waals surface area contributed by atoms with Crippen molar-refractivity contribution in [2.45, 2.75) is 17.0 Å². The van der Waals surface area contributed by atoms with Gasteiger partial charge in [0.15, 0.2) is 5.16 Å². The van der Waals surface area contributed by atoms with Crippen LogP contribution in [0.4, 0.5) is 11.4 Å². The number of hydrogen-bond donors (Lipinski definition) is 2. The van der Waals surface area contributed by atoms with Gasteiger partial charge >= 0.3 is 0 Å². The van der Waals surface area contributed by atoms with Crippen molar-refractivity contribution >= 4 is 50.1 Å². The van der Waals surface area contributed by atoms with Gasteiger partial charge in [-0.3, -0.25) is 14.1 Å². The molecule has 0 aliphatic rings. The number of para-hydroxylation sites is 2. The molecule has 6 aromatic rings. The Morgan fingerprint density at radius 2 is 1.50 bits per heavy atom. The number of hydrogen-bond acceptors (Lipinski definition) is 8. The molecule has 1 amide bonds. The monoisotopic (exact) mass is 596 g/mol. The first-order valence-electron chi connectivity index (χ1n) is 12.8. The van der Waals surface area contributed by atoms with E-state index in [0.29, 0.717) is 22.5 Å². The Kier molecular flexibility index (Phi) is 7.42. The standard InChI is InChI=1S/C29H24N8O3S2/c1-20-11-13-22(14-12-20)34-42(39,40)24-17-15-21(16-18-24)30-27(38)19-41-29-33-32-28(36(29)23-7-3-2-4-8-23)37-26-10-6-5-9-25(26)31-35-37/h2-18,34H,19H2,1H3,(H,30,38). The van der Waals surface area contributed by atoms with Gasteiger partial charge in [0.25, 0.3) is 16.0 Å². The molecule has 210 valence electrons. The third-order valence-electron chi connectivity index (χ3n) is 6.26. The smallest absolute Gasteiger partial charge is 0.261 e. The molecule has 0 spiro atoms. The van der Waals surface area contributed by atoms with Crippen LogP contribution in [0.3, 0.4) is 0 Å². The van der Waals surface area contributed by atoms with Crippen molar-refractivity contribution in [2.24, 2.45) is 0 Å². The topological polar surface area (TPSA) is 137 Å². The highest BCUT2D eigenvalue weighted by molar-refractivity contribution is 7.99. The molecule has 0 saturated carbocycles. The molecule has 0 aliphatic carbocycles. The number of anilines is 2. The van der Waals surface area contributed by atoms with E-state index < -0.39 is 10.0 Å². The molecule has 2 N–H and O–H groups in total. The van der Waals surface area contributed by atoms with Gasteiger partial charge in [-0.2, -0.15) is 4.68 Å². The van der Waals surface area contributed by atoms with Crippen molar-refractivity contribution in [1.82, 2.24) is 29.8 Å². The maximum atomic E-state index is 12.8. The third-order valence-corrected chi connectivity index (χ3v) is 8.58. The maximum Gasteiger partial charge on any atom is 0.261 e. The second-order valence-corrected chi connectivity index (χ2v) is 11.9. The molecule has 0 radical (unpaired) electrons. The van der Waals surface area contributed by atoms with Gasteiger partial charge in [0, 0.05) is 11.4 Å². The van der Waals surface area contributed by atoms with Gasteiger partial charge in [-0.1, -0.05) is 65.0 Å². The van der Waals surface area contributed by atoms with Crippen LogP contribution in [0.1, 0.15) is 5.56 Å². The van der Waals surface area contributed by atoms with E-state index in [4.69, 9.17) is 0 Å². The predicted molar refractivity (Wildman–Crippen MR) is 162 cm³/mol. The summed E-state index contributed by atoms with van der Waals surface area (Å²) in [6.07, 6.45) is 0. The number of rotatable bonds is 9. The number of aryl methyl sites for hydroxylation is 1. The average Bonchev–Trinajstić information content (AvgIpc) is 3.62. The van der Waals surface area contributed by atoms with Gasteiger partial charge < -0.3 is 5.32 Å². The molecule has 2 heterocycles. The van der Waals surface area contributed by atoms with E-state index in [1.807, 2.05) is 78.2 Å². The minimum absolute atomic E-state index is 0.0398. The summed E-state index contributed by atoms with van der Waals surface area (Å²) < 4.78 is 31.5. The summed E-state index contributed by atoms with van der Waals surface area (Å²) in [5.74, 6) is 0.190. The molecule has 42 heavy (non-hydrogen) atoms. The van der Waals surface area contributed by atoms with Crippen LogP contribution in [-0.4, -0.2) is 49.8 Å². The summed E-state index contributed by atoms with van der Waals surface area (Å²) in [6.45, 7) is 1.93. The average molecular weight is 597 g/mol. The lowest BCUT2D eigenvalue weighted by atomic mass is 10.2. The molecule has 0 bridgehead atoms. The summed E-state index contributed by atoms with van der Waals surface area (Å²) in [6, 6.07) is 30.1. The largest absolute Gasteiger partial charge is 0.325 e. The van der Waals surface area contributed by atoms with Crippen molar-refractivity contribution in [1.29, 1.82) is 0 Å². The molecule has 0 atom stereocenters. The normalized spacial score (nSPS) is 11.5. The van der Waals surface area contributed by atoms with E-state index >= 15 is 0 Å². The molecule has 0 fully saturated rings. The lowest BCUT2D eigenvalue weighted by molar-refractivity contribution is -0.113. The molecule has 11 nitrogen and oxygen atoms in total. The zero-order chi connectivity index (χ0) is 29.1. The number of nitrogens with zero attached hydrogens (tertiary/aromatic N) is 6. The van der Waals surface area contributed by atoms with Gasteiger partial charge in [0.05, 0.1) is 21.9 Å². The lowest BCUT2D eigenvalue weighted by Crippen LogP contribution is -2.16. The summed E-state index contributed by atoms with van der Waals surface area (Å²) in [5, 5.41) is 20.5. The number of carbonyl (C=O) groups is 1. The van der Waals surface area contributed by atoms with Gasteiger partial charge in [0.1, 0.15) is 5.52 Å². The maximum absolute atomic E-state index is 12.8. The zero-order valence-electron chi connectivity index (χ0n) is 22.2. The molecule has 0 unspecified atom stereocenters. The third kappa shape index (κ3) is 5.73. The van der Waals surface area contributed by atoms with Crippen LogP contribution in [0, 0.1) is 6.92 Å². The first-order chi connectivity index (χ1) is 20.4. The Bertz CT molecular complexity index is 1970.